The number of sulfonamides is 1. The smallest absolute Gasteiger partial charge is 0.243 e. The summed E-state index contributed by atoms with van der Waals surface area (Å²) in [4.78, 5) is 14.5. The van der Waals surface area contributed by atoms with Crippen LogP contribution in [-0.2, 0) is 14.8 Å². The van der Waals surface area contributed by atoms with E-state index in [0.29, 0.717) is 18.1 Å². The molecule has 1 aliphatic heterocycles. The molecule has 0 saturated carbocycles. The minimum Gasteiger partial charge on any atom is -0.322 e. The fourth-order valence-electron chi connectivity index (χ4n) is 3.07. The van der Waals surface area contributed by atoms with Gasteiger partial charge in [0.05, 0.1) is 16.6 Å². The summed E-state index contributed by atoms with van der Waals surface area (Å²) in [5.74, 6) is -0.836. The average Bonchev–Trinajstić information content (AvgIpc) is 2.69. The maximum absolute atomic E-state index is 13.7. The summed E-state index contributed by atoms with van der Waals surface area (Å²) in [6.45, 7) is 3.02. The monoisotopic (exact) mass is 425 g/mol. The molecule has 0 radical (unpaired) electrons. The van der Waals surface area contributed by atoms with Gasteiger partial charge in [-0.25, -0.2) is 12.8 Å². The molecule has 1 atom stereocenters. The first-order chi connectivity index (χ1) is 13.3. The summed E-state index contributed by atoms with van der Waals surface area (Å²) in [7, 11) is -3.64. The second-order valence-corrected chi connectivity index (χ2v) is 8.92. The van der Waals surface area contributed by atoms with Crippen LogP contribution in [-0.4, -0.2) is 55.8 Å². The zero-order valence-electron chi connectivity index (χ0n) is 15.3. The molecule has 9 heteroatoms. The van der Waals surface area contributed by atoms with Crippen LogP contribution in [0.5, 0.6) is 0 Å². The van der Waals surface area contributed by atoms with Crippen molar-refractivity contribution in [3.8, 4) is 0 Å². The summed E-state index contributed by atoms with van der Waals surface area (Å²) in [6.07, 6.45) is 0. The molecular weight excluding hydrogens is 405 g/mol. The number of piperazine rings is 1. The van der Waals surface area contributed by atoms with Crippen LogP contribution in [0.4, 0.5) is 10.1 Å². The van der Waals surface area contributed by atoms with E-state index in [4.69, 9.17) is 11.6 Å². The molecule has 1 heterocycles. The number of rotatable bonds is 5. The number of benzene rings is 2. The van der Waals surface area contributed by atoms with Gasteiger partial charge < -0.3 is 5.32 Å². The van der Waals surface area contributed by atoms with Crippen LogP contribution in [0.15, 0.2) is 53.4 Å². The van der Waals surface area contributed by atoms with Gasteiger partial charge in [-0.15, -0.1) is 0 Å². The van der Waals surface area contributed by atoms with Crippen molar-refractivity contribution in [1.82, 2.24) is 9.21 Å². The van der Waals surface area contributed by atoms with Crippen LogP contribution < -0.4 is 5.32 Å². The molecule has 2 aromatic carbocycles. The number of anilines is 1. The molecular formula is C19H21ClFN3O3S. The normalized spacial score (nSPS) is 17.2. The highest BCUT2D eigenvalue weighted by molar-refractivity contribution is 7.89. The van der Waals surface area contributed by atoms with E-state index in [1.165, 1.54) is 28.6 Å². The number of amides is 1. The Kier molecular flexibility index (Phi) is 6.34. The van der Waals surface area contributed by atoms with Crippen LogP contribution >= 0.6 is 11.6 Å². The lowest BCUT2D eigenvalue weighted by molar-refractivity contribution is -0.121. The molecule has 2 aromatic rings. The lowest BCUT2D eigenvalue weighted by atomic mass is 10.2. The van der Waals surface area contributed by atoms with Gasteiger partial charge in [0.2, 0.25) is 15.9 Å². The van der Waals surface area contributed by atoms with Gasteiger partial charge in [-0.1, -0.05) is 29.8 Å². The van der Waals surface area contributed by atoms with Crippen molar-refractivity contribution >= 4 is 33.2 Å². The van der Waals surface area contributed by atoms with Gasteiger partial charge in [0.25, 0.3) is 0 Å². The SMILES string of the molecule is CC(C(=O)Nc1ccccc1F)N1CCN(S(=O)(=O)c2cccc(Cl)c2)CC1. The van der Waals surface area contributed by atoms with Crippen molar-refractivity contribution in [2.24, 2.45) is 0 Å². The molecule has 1 N–H and O–H groups in total. The largest absolute Gasteiger partial charge is 0.322 e. The van der Waals surface area contributed by atoms with Gasteiger partial charge in [0.15, 0.2) is 0 Å². The van der Waals surface area contributed by atoms with E-state index in [0.717, 1.165) is 0 Å². The zero-order chi connectivity index (χ0) is 20.3. The summed E-state index contributed by atoms with van der Waals surface area (Å²) in [6, 6.07) is 11.6. The molecule has 0 spiro atoms. The Morgan fingerprint density at radius 3 is 2.43 bits per heavy atom. The second kappa shape index (κ2) is 8.57. The van der Waals surface area contributed by atoms with Gasteiger partial charge in [0.1, 0.15) is 5.82 Å². The van der Waals surface area contributed by atoms with Gasteiger partial charge in [-0.3, -0.25) is 9.69 Å². The maximum atomic E-state index is 13.7. The third kappa shape index (κ3) is 4.52. The van der Waals surface area contributed by atoms with E-state index in [2.05, 4.69) is 5.32 Å². The molecule has 1 aliphatic rings. The highest BCUT2D eigenvalue weighted by Gasteiger charge is 2.32. The number of para-hydroxylation sites is 1. The molecule has 0 aromatic heterocycles. The highest BCUT2D eigenvalue weighted by atomic mass is 35.5. The Balaban J connectivity index is 1.61. The minimum atomic E-state index is -3.64. The zero-order valence-corrected chi connectivity index (χ0v) is 16.9. The van der Waals surface area contributed by atoms with E-state index in [9.17, 15) is 17.6 Å². The number of carbonyl (C=O) groups excluding carboxylic acids is 1. The molecule has 3 rings (SSSR count). The number of nitrogens with zero attached hydrogens (tertiary/aromatic N) is 2. The Morgan fingerprint density at radius 2 is 1.79 bits per heavy atom. The molecule has 150 valence electrons. The van der Waals surface area contributed by atoms with Crippen molar-refractivity contribution in [3.63, 3.8) is 0 Å². The first kappa shape index (κ1) is 20.7. The average molecular weight is 426 g/mol. The van der Waals surface area contributed by atoms with Crippen LogP contribution in [0.2, 0.25) is 5.02 Å². The van der Waals surface area contributed by atoms with Crippen molar-refractivity contribution in [2.45, 2.75) is 17.9 Å². The Labute approximate surface area is 168 Å². The fraction of sp³-hybridized carbons (Fsp3) is 0.316. The Bertz CT molecular complexity index is 962. The van der Waals surface area contributed by atoms with Gasteiger partial charge in [-0.2, -0.15) is 4.31 Å². The minimum absolute atomic E-state index is 0.126. The third-order valence-corrected chi connectivity index (χ3v) is 6.90. The van der Waals surface area contributed by atoms with Crippen molar-refractivity contribution < 1.29 is 17.6 Å². The summed E-state index contributed by atoms with van der Waals surface area (Å²) in [5.41, 5.74) is 0.126. The first-order valence-electron chi connectivity index (χ1n) is 8.84. The van der Waals surface area contributed by atoms with E-state index in [-0.39, 0.29) is 29.6 Å². The van der Waals surface area contributed by atoms with Crippen LogP contribution in [0.1, 0.15) is 6.92 Å². The molecule has 1 amide bonds. The highest BCUT2D eigenvalue weighted by Crippen LogP contribution is 2.21. The van der Waals surface area contributed by atoms with Gasteiger partial charge >= 0.3 is 0 Å². The van der Waals surface area contributed by atoms with Crippen LogP contribution in [0, 0.1) is 5.82 Å². The number of carbonyl (C=O) groups is 1. The van der Waals surface area contributed by atoms with E-state index in [1.54, 1.807) is 31.2 Å². The second-order valence-electron chi connectivity index (χ2n) is 6.54. The number of hydrogen-bond acceptors (Lipinski definition) is 4. The van der Waals surface area contributed by atoms with Crippen molar-refractivity contribution in [1.29, 1.82) is 0 Å². The molecule has 1 unspecified atom stereocenters. The molecule has 1 fully saturated rings. The quantitative estimate of drug-likeness (QED) is 0.799. The molecule has 1 saturated heterocycles. The fourth-order valence-corrected chi connectivity index (χ4v) is 4.80. The lowest BCUT2D eigenvalue weighted by Crippen LogP contribution is -2.53. The van der Waals surface area contributed by atoms with E-state index in [1.807, 2.05) is 4.90 Å². The predicted molar refractivity (Wildman–Crippen MR) is 106 cm³/mol. The van der Waals surface area contributed by atoms with Gasteiger partial charge in [-0.05, 0) is 37.3 Å². The van der Waals surface area contributed by atoms with Crippen molar-refractivity contribution in [2.75, 3.05) is 31.5 Å². The molecule has 6 nitrogen and oxygen atoms in total. The standard InChI is InChI=1S/C19H21ClFN3O3S/c1-14(19(25)22-18-8-3-2-7-17(18)21)23-9-11-24(12-10-23)28(26,27)16-6-4-5-15(20)13-16/h2-8,13-14H,9-12H2,1H3,(H,22,25). The van der Waals surface area contributed by atoms with E-state index >= 15 is 0 Å². The van der Waals surface area contributed by atoms with Crippen LogP contribution in [0.25, 0.3) is 0 Å². The Hall–Kier alpha value is -2.00. The van der Waals surface area contributed by atoms with E-state index < -0.39 is 21.9 Å². The molecule has 0 bridgehead atoms. The third-order valence-electron chi connectivity index (χ3n) is 4.77. The Morgan fingerprint density at radius 1 is 1.11 bits per heavy atom. The predicted octanol–water partition coefficient (Wildman–Crippen LogP) is 2.81. The first-order valence-corrected chi connectivity index (χ1v) is 10.7. The molecule has 28 heavy (non-hydrogen) atoms. The molecule has 0 aliphatic carbocycles. The van der Waals surface area contributed by atoms with Gasteiger partial charge in [0, 0.05) is 31.2 Å². The number of nitrogens with one attached hydrogen (secondary N) is 1. The number of hydrogen-bond donors (Lipinski definition) is 1. The lowest BCUT2D eigenvalue weighted by Gasteiger charge is -2.36. The summed E-state index contributed by atoms with van der Waals surface area (Å²) < 4.78 is 40.6. The maximum Gasteiger partial charge on any atom is 0.243 e. The summed E-state index contributed by atoms with van der Waals surface area (Å²) in [5, 5.41) is 2.94. The van der Waals surface area contributed by atoms with Crippen LogP contribution in [0.3, 0.4) is 0 Å². The summed E-state index contributed by atoms with van der Waals surface area (Å²) >= 11 is 5.90. The number of halogens is 2. The topological polar surface area (TPSA) is 69.7 Å². The van der Waals surface area contributed by atoms with Crippen molar-refractivity contribution in [3.05, 3.63) is 59.4 Å².